The van der Waals surface area contributed by atoms with Crippen molar-refractivity contribution in [2.24, 2.45) is 13.0 Å². The van der Waals surface area contributed by atoms with Crippen LogP contribution in [0, 0.1) is 16.0 Å². The Bertz CT molecular complexity index is 537. The number of hydrogen-bond acceptors (Lipinski definition) is 7. The smallest absolute Gasteiger partial charge is 0.381 e. The summed E-state index contributed by atoms with van der Waals surface area (Å²) in [6.07, 6.45) is 2.49. The van der Waals surface area contributed by atoms with Gasteiger partial charge in [0.1, 0.15) is 0 Å². The highest BCUT2D eigenvalue weighted by molar-refractivity contribution is 5.52. The maximum absolute atomic E-state index is 11.1. The Labute approximate surface area is 134 Å². The number of aromatic nitrogens is 2. The monoisotopic (exact) mass is 325 g/mol. The highest BCUT2D eigenvalue weighted by Crippen LogP contribution is 2.25. The third-order valence-corrected chi connectivity index (χ3v) is 4.59. The molecule has 2 aliphatic rings. The van der Waals surface area contributed by atoms with E-state index in [0.29, 0.717) is 18.3 Å². The largest absolute Gasteiger partial charge is 0.406 e. The highest BCUT2D eigenvalue weighted by Gasteiger charge is 2.32. The first-order valence-electron chi connectivity index (χ1n) is 7.96. The van der Waals surface area contributed by atoms with Crippen molar-refractivity contribution < 1.29 is 14.4 Å². The fourth-order valence-electron chi connectivity index (χ4n) is 3.32. The van der Waals surface area contributed by atoms with Crippen LogP contribution in [0.2, 0.25) is 0 Å². The molecule has 9 heteroatoms. The molecule has 23 heavy (non-hydrogen) atoms. The number of nitrogens with zero attached hydrogens (tertiary/aromatic N) is 4. The average Bonchev–Trinajstić information content (AvgIpc) is 3.19. The molecule has 0 unspecified atom stereocenters. The molecule has 0 bridgehead atoms. The molecule has 0 radical (unpaired) electrons. The lowest BCUT2D eigenvalue weighted by atomic mass is 9.97. The van der Waals surface area contributed by atoms with Crippen molar-refractivity contribution in [3.8, 4) is 0 Å². The molecule has 128 valence electrons. The zero-order valence-corrected chi connectivity index (χ0v) is 13.3. The molecule has 3 heterocycles. The second-order valence-corrected chi connectivity index (χ2v) is 6.01. The summed E-state index contributed by atoms with van der Waals surface area (Å²) in [4.78, 5) is 16.9. The van der Waals surface area contributed by atoms with E-state index in [2.05, 4.69) is 15.2 Å². The van der Waals surface area contributed by atoms with Gasteiger partial charge in [-0.05, 0) is 16.3 Å². The second kappa shape index (κ2) is 7.24. The summed E-state index contributed by atoms with van der Waals surface area (Å²) in [6, 6.07) is 0.274. The molecule has 0 amide bonds. The highest BCUT2D eigenvalue weighted by atomic mass is 16.6. The van der Waals surface area contributed by atoms with Crippen LogP contribution in [0.4, 0.5) is 11.6 Å². The van der Waals surface area contributed by atoms with Gasteiger partial charge in [0.05, 0.1) is 19.8 Å². The number of ether oxygens (including phenoxy) is 2. The Balaban J connectivity index is 1.71. The summed E-state index contributed by atoms with van der Waals surface area (Å²) >= 11 is 0. The number of nitro groups is 1. The van der Waals surface area contributed by atoms with E-state index in [1.807, 2.05) is 0 Å². The van der Waals surface area contributed by atoms with Crippen LogP contribution in [0.25, 0.3) is 0 Å². The van der Waals surface area contributed by atoms with E-state index in [4.69, 9.17) is 9.47 Å². The van der Waals surface area contributed by atoms with Crippen molar-refractivity contribution >= 4 is 11.6 Å². The van der Waals surface area contributed by atoms with Crippen molar-refractivity contribution in [3.63, 3.8) is 0 Å². The van der Waals surface area contributed by atoms with Gasteiger partial charge in [-0.1, -0.05) is 0 Å². The fraction of sp³-hybridized carbons (Fsp3) is 0.786. The topological polar surface area (TPSA) is 94.7 Å². The molecule has 2 fully saturated rings. The van der Waals surface area contributed by atoms with Crippen LogP contribution in [-0.2, 0) is 16.5 Å². The lowest BCUT2D eigenvalue weighted by molar-refractivity contribution is -0.388. The number of aryl methyl sites for hydroxylation is 1. The molecule has 0 aliphatic carbocycles. The Kier molecular flexibility index (Phi) is 5.09. The maximum atomic E-state index is 11.1. The number of anilines is 1. The third kappa shape index (κ3) is 3.62. The predicted molar refractivity (Wildman–Crippen MR) is 83.5 cm³/mol. The summed E-state index contributed by atoms with van der Waals surface area (Å²) in [7, 11) is 1.75. The predicted octanol–water partition coefficient (Wildman–Crippen LogP) is 0.478. The zero-order valence-electron chi connectivity index (χ0n) is 13.3. The van der Waals surface area contributed by atoms with Gasteiger partial charge in [-0.2, -0.15) is 0 Å². The van der Waals surface area contributed by atoms with Crippen molar-refractivity contribution in [3.05, 3.63) is 16.4 Å². The molecule has 9 nitrogen and oxygen atoms in total. The van der Waals surface area contributed by atoms with Crippen molar-refractivity contribution in [1.29, 1.82) is 0 Å². The van der Waals surface area contributed by atoms with Gasteiger partial charge in [-0.25, -0.2) is 0 Å². The standard InChI is InChI=1S/C14H23N5O4/c1-17-10-16-14(19(20)21)13(17)15-8-12(11-2-5-23-9-11)18-3-6-22-7-4-18/h10-12,15H,2-9H2,1H3/t11-,12-/m0/s1. The Morgan fingerprint density at radius 2 is 2.22 bits per heavy atom. The van der Waals surface area contributed by atoms with Crippen LogP contribution in [0.1, 0.15) is 6.42 Å². The Morgan fingerprint density at radius 1 is 1.43 bits per heavy atom. The van der Waals surface area contributed by atoms with Crippen molar-refractivity contribution in [2.45, 2.75) is 12.5 Å². The van der Waals surface area contributed by atoms with E-state index in [-0.39, 0.29) is 11.9 Å². The quantitative estimate of drug-likeness (QED) is 0.600. The minimum atomic E-state index is -0.454. The van der Waals surface area contributed by atoms with Gasteiger partial charge in [0.2, 0.25) is 12.1 Å². The van der Waals surface area contributed by atoms with Gasteiger partial charge in [-0.15, -0.1) is 0 Å². The fourth-order valence-corrected chi connectivity index (χ4v) is 3.32. The zero-order chi connectivity index (χ0) is 16.2. The maximum Gasteiger partial charge on any atom is 0.406 e. The molecule has 0 spiro atoms. The number of morpholine rings is 1. The van der Waals surface area contributed by atoms with Gasteiger partial charge in [-0.3, -0.25) is 9.47 Å². The molecule has 1 aromatic rings. The van der Waals surface area contributed by atoms with E-state index >= 15 is 0 Å². The molecule has 0 saturated carbocycles. The summed E-state index contributed by atoms with van der Waals surface area (Å²) in [5, 5.41) is 14.3. The van der Waals surface area contributed by atoms with Crippen LogP contribution in [0.5, 0.6) is 0 Å². The minimum absolute atomic E-state index is 0.129. The summed E-state index contributed by atoms with van der Waals surface area (Å²) in [5.41, 5.74) is 0. The Morgan fingerprint density at radius 3 is 2.87 bits per heavy atom. The molecular weight excluding hydrogens is 302 g/mol. The molecule has 0 aromatic carbocycles. The first kappa shape index (κ1) is 16.2. The summed E-state index contributed by atoms with van der Waals surface area (Å²) in [5.74, 6) is 0.760. The van der Waals surface area contributed by atoms with E-state index < -0.39 is 4.92 Å². The van der Waals surface area contributed by atoms with Crippen LogP contribution < -0.4 is 5.32 Å². The van der Waals surface area contributed by atoms with Crippen LogP contribution >= 0.6 is 0 Å². The van der Waals surface area contributed by atoms with Gasteiger partial charge >= 0.3 is 5.82 Å². The number of imidazole rings is 1. The van der Waals surface area contributed by atoms with Crippen LogP contribution in [0.3, 0.4) is 0 Å². The number of nitrogens with one attached hydrogen (secondary N) is 1. The molecule has 3 rings (SSSR count). The summed E-state index contributed by atoms with van der Waals surface area (Å²) in [6.45, 7) is 5.40. The number of hydrogen-bond donors (Lipinski definition) is 1. The lowest BCUT2D eigenvalue weighted by Gasteiger charge is -2.37. The van der Waals surface area contributed by atoms with Crippen molar-refractivity contribution in [2.75, 3.05) is 51.4 Å². The van der Waals surface area contributed by atoms with Gasteiger partial charge in [0, 0.05) is 45.2 Å². The minimum Gasteiger partial charge on any atom is -0.381 e. The van der Waals surface area contributed by atoms with Gasteiger partial charge in [0.25, 0.3) is 0 Å². The van der Waals surface area contributed by atoms with Crippen molar-refractivity contribution in [1.82, 2.24) is 14.5 Å². The molecule has 1 N–H and O–H groups in total. The third-order valence-electron chi connectivity index (χ3n) is 4.59. The number of rotatable bonds is 6. The molecule has 1 aromatic heterocycles. The van der Waals surface area contributed by atoms with Gasteiger partial charge < -0.3 is 24.9 Å². The van der Waals surface area contributed by atoms with E-state index in [1.165, 1.54) is 6.33 Å². The average molecular weight is 325 g/mol. The molecular formula is C14H23N5O4. The molecule has 2 saturated heterocycles. The van der Waals surface area contributed by atoms with E-state index in [9.17, 15) is 10.1 Å². The van der Waals surface area contributed by atoms with Crippen LogP contribution in [-0.4, -0.2) is 71.5 Å². The Hall–Kier alpha value is -1.71. The SMILES string of the molecule is Cn1cnc([N+](=O)[O-])c1NC[C@@H]([C@H]1CCOC1)N1CCOCC1. The van der Waals surface area contributed by atoms with Crippen LogP contribution in [0.15, 0.2) is 6.33 Å². The lowest BCUT2D eigenvalue weighted by Crippen LogP contribution is -2.50. The first-order chi connectivity index (χ1) is 11.2. The van der Waals surface area contributed by atoms with E-state index in [0.717, 1.165) is 45.9 Å². The van der Waals surface area contributed by atoms with E-state index in [1.54, 1.807) is 11.6 Å². The summed E-state index contributed by atoms with van der Waals surface area (Å²) < 4.78 is 12.6. The molecule has 2 atom stereocenters. The molecule has 2 aliphatic heterocycles. The second-order valence-electron chi connectivity index (χ2n) is 6.01. The normalized spacial score (nSPS) is 23.8. The first-order valence-corrected chi connectivity index (χ1v) is 7.96. The van der Waals surface area contributed by atoms with Gasteiger partial charge in [0.15, 0.2) is 0 Å².